The normalized spacial score (nSPS) is 19.1. The lowest BCUT2D eigenvalue weighted by Crippen LogP contribution is -2.43. The SMILES string of the molecule is NCC(=O)NC1CCN(Cc2ccccc2)C1=O. The van der Waals surface area contributed by atoms with Crippen molar-refractivity contribution in [2.45, 2.75) is 19.0 Å². The fourth-order valence-corrected chi connectivity index (χ4v) is 2.09. The summed E-state index contributed by atoms with van der Waals surface area (Å²) in [6, 6.07) is 9.40. The number of hydrogen-bond donors (Lipinski definition) is 2. The van der Waals surface area contributed by atoms with E-state index in [0.717, 1.165) is 5.56 Å². The smallest absolute Gasteiger partial charge is 0.245 e. The van der Waals surface area contributed by atoms with Crippen molar-refractivity contribution >= 4 is 11.8 Å². The summed E-state index contributed by atoms with van der Waals surface area (Å²) in [5.41, 5.74) is 6.31. The molecule has 1 aromatic rings. The predicted molar refractivity (Wildman–Crippen MR) is 67.5 cm³/mol. The first-order valence-corrected chi connectivity index (χ1v) is 6.03. The van der Waals surface area contributed by atoms with Crippen LogP contribution < -0.4 is 11.1 Å². The molecule has 2 amide bonds. The van der Waals surface area contributed by atoms with Crippen molar-refractivity contribution in [2.75, 3.05) is 13.1 Å². The lowest BCUT2D eigenvalue weighted by atomic mass is 10.2. The van der Waals surface area contributed by atoms with Crippen LogP contribution >= 0.6 is 0 Å². The zero-order chi connectivity index (χ0) is 13.0. The summed E-state index contributed by atoms with van der Waals surface area (Å²) in [6.45, 7) is 1.18. The van der Waals surface area contributed by atoms with Gasteiger partial charge in [-0.2, -0.15) is 0 Å². The molecule has 1 saturated heterocycles. The molecule has 1 aliphatic rings. The largest absolute Gasteiger partial charge is 0.343 e. The molecule has 0 bridgehead atoms. The first kappa shape index (κ1) is 12.6. The van der Waals surface area contributed by atoms with Crippen molar-refractivity contribution in [3.8, 4) is 0 Å². The summed E-state index contributed by atoms with van der Waals surface area (Å²) in [4.78, 5) is 25.0. The van der Waals surface area contributed by atoms with Crippen LogP contribution in [0, 0.1) is 0 Å². The monoisotopic (exact) mass is 247 g/mol. The molecule has 1 atom stereocenters. The van der Waals surface area contributed by atoms with Crippen LogP contribution in [0.3, 0.4) is 0 Å². The minimum Gasteiger partial charge on any atom is -0.343 e. The van der Waals surface area contributed by atoms with Gasteiger partial charge >= 0.3 is 0 Å². The average molecular weight is 247 g/mol. The molecular weight excluding hydrogens is 230 g/mol. The summed E-state index contributed by atoms with van der Waals surface area (Å²) in [6.07, 6.45) is 0.650. The summed E-state index contributed by atoms with van der Waals surface area (Å²) >= 11 is 0. The van der Waals surface area contributed by atoms with Crippen LogP contribution in [-0.2, 0) is 16.1 Å². The van der Waals surface area contributed by atoms with E-state index < -0.39 is 6.04 Å². The van der Waals surface area contributed by atoms with Gasteiger partial charge in [0.25, 0.3) is 0 Å². The number of carbonyl (C=O) groups is 2. The summed E-state index contributed by atoms with van der Waals surface area (Å²) < 4.78 is 0. The third-order valence-corrected chi connectivity index (χ3v) is 3.03. The molecule has 0 aliphatic carbocycles. The lowest BCUT2D eigenvalue weighted by Gasteiger charge is -2.17. The first-order chi connectivity index (χ1) is 8.70. The highest BCUT2D eigenvalue weighted by molar-refractivity contribution is 5.89. The maximum atomic E-state index is 12.0. The fourth-order valence-electron chi connectivity index (χ4n) is 2.09. The predicted octanol–water partition coefficient (Wildman–Crippen LogP) is -0.138. The second-order valence-corrected chi connectivity index (χ2v) is 4.36. The Labute approximate surface area is 106 Å². The molecule has 18 heavy (non-hydrogen) atoms. The molecule has 3 N–H and O–H groups in total. The Morgan fingerprint density at radius 2 is 2.11 bits per heavy atom. The van der Waals surface area contributed by atoms with E-state index >= 15 is 0 Å². The van der Waals surface area contributed by atoms with Crippen LogP contribution in [0.5, 0.6) is 0 Å². The van der Waals surface area contributed by atoms with Crippen molar-refractivity contribution in [1.82, 2.24) is 10.2 Å². The Morgan fingerprint density at radius 3 is 2.78 bits per heavy atom. The third kappa shape index (κ3) is 2.87. The number of amides is 2. The first-order valence-electron chi connectivity index (χ1n) is 6.03. The number of likely N-dealkylation sites (tertiary alicyclic amines) is 1. The molecule has 5 nitrogen and oxygen atoms in total. The molecule has 1 aromatic carbocycles. The van der Waals surface area contributed by atoms with Gasteiger partial charge in [0.1, 0.15) is 6.04 Å². The molecule has 0 spiro atoms. The van der Waals surface area contributed by atoms with E-state index in [1.807, 2.05) is 30.3 Å². The highest BCUT2D eigenvalue weighted by Crippen LogP contribution is 2.14. The quantitative estimate of drug-likeness (QED) is 0.777. The summed E-state index contributed by atoms with van der Waals surface area (Å²) in [7, 11) is 0. The van der Waals surface area contributed by atoms with Crippen molar-refractivity contribution in [1.29, 1.82) is 0 Å². The maximum absolute atomic E-state index is 12.0. The van der Waals surface area contributed by atoms with Crippen molar-refractivity contribution in [3.05, 3.63) is 35.9 Å². The van der Waals surface area contributed by atoms with Gasteiger partial charge < -0.3 is 16.0 Å². The Bertz CT molecular complexity index is 433. The van der Waals surface area contributed by atoms with Gasteiger partial charge in [-0.05, 0) is 12.0 Å². The molecule has 2 rings (SSSR count). The van der Waals surface area contributed by atoms with Crippen LogP contribution in [0.15, 0.2) is 30.3 Å². The molecule has 0 radical (unpaired) electrons. The van der Waals surface area contributed by atoms with Crippen molar-refractivity contribution in [2.24, 2.45) is 5.73 Å². The molecular formula is C13H17N3O2. The van der Waals surface area contributed by atoms with E-state index in [1.165, 1.54) is 0 Å². The average Bonchev–Trinajstić information content (AvgIpc) is 2.73. The number of nitrogens with one attached hydrogen (secondary N) is 1. The molecule has 1 fully saturated rings. The minimum absolute atomic E-state index is 0.0272. The number of benzene rings is 1. The van der Waals surface area contributed by atoms with E-state index in [1.54, 1.807) is 4.90 Å². The second kappa shape index (κ2) is 5.64. The number of hydrogen-bond acceptors (Lipinski definition) is 3. The summed E-state index contributed by atoms with van der Waals surface area (Å²) in [5.74, 6) is -0.310. The Balaban J connectivity index is 1.93. The van der Waals surface area contributed by atoms with E-state index in [9.17, 15) is 9.59 Å². The van der Waals surface area contributed by atoms with Crippen LogP contribution in [0.25, 0.3) is 0 Å². The number of carbonyl (C=O) groups excluding carboxylic acids is 2. The van der Waals surface area contributed by atoms with Crippen LogP contribution in [-0.4, -0.2) is 35.8 Å². The highest BCUT2D eigenvalue weighted by Gasteiger charge is 2.32. The van der Waals surface area contributed by atoms with Crippen LogP contribution in [0.1, 0.15) is 12.0 Å². The highest BCUT2D eigenvalue weighted by atomic mass is 16.2. The van der Waals surface area contributed by atoms with Gasteiger partial charge in [-0.1, -0.05) is 30.3 Å². The van der Waals surface area contributed by atoms with Crippen molar-refractivity contribution in [3.63, 3.8) is 0 Å². The van der Waals surface area contributed by atoms with Gasteiger partial charge in [0.2, 0.25) is 11.8 Å². The van der Waals surface area contributed by atoms with Gasteiger partial charge in [0.15, 0.2) is 0 Å². The third-order valence-electron chi connectivity index (χ3n) is 3.03. The molecule has 1 unspecified atom stereocenters. The van der Waals surface area contributed by atoms with Crippen molar-refractivity contribution < 1.29 is 9.59 Å². The van der Waals surface area contributed by atoms with Crippen LogP contribution in [0.4, 0.5) is 0 Å². The van der Waals surface area contributed by atoms with Gasteiger partial charge in [-0.15, -0.1) is 0 Å². The molecule has 1 heterocycles. The van der Waals surface area contributed by atoms with Gasteiger partial charge in [-0.25, -0.2) is 0 Å². The zero-order valence-corrected chi connectivity index (χ0v) is 10.1. The zero-order valence-electron chi connectivity index (χ0n) is 10.1. The topological polar surface area (TPSA) is 75.4 Å². The number of nitrogens with zero attached hydrogens (tertiary/aromatic N) is 1. The Hall–Kier alpha value is -1.88. The standard InChI is InChI=1S/C13H17N3O2/c14-8-12(17)15-11-6-7-16(13(11)18)9-10-4-2-1-3-5-10/h1-5,11H,6-9,14H2,(H,15,17). The molecule has 96 valence electrons. The van der Waals surface area contributed by atoms with E-state index in [-0.39, 0.29) is 18.4 Å². The van der Waals surface area contributed by atoms with E-state index in [0.29, 0.717) is 19.5 Å². The minimum atomic E-state index is -0.412. The second-order valence-electron chi connectivity index (χ2n) is 4.36. The maximum Gasteiger partial charge on any atom is 0.245 e. The summed E-state index contributed by atoms with van der Waals surface area (Å²) in [5, 5.41) is 2.64. The molecule has 0 aromatic heterocycles. The van der Waals surface area contributed by atoms with E-state index in [2.05, 4.69) is 5.32 Å². The van der Waals surface area contributed by atoms with Gasteiger partial charge in [-0.3, -0.25) is 9.59 Å². The Morgan fingerprint density at radius 1 is 1.39 bits per heavy atom. The number of rotatable bonds is 4. The van der Waals surface area contributed by atoms with E-state index in [4.69, 9.17) is 5.73 Å². The Kier molecular flexibility index (Phi) is 3.94. The lowest BCUT2D eigenvalue weighted by molar-refractivity contribution is -0.132. The number of nitrogens with two attached hydrogens (primary N) is 1. The van der Waals surface area contributed by atoms with Gasteiger partial charge in [0, 0.05) is 13.1 Å². The molecule has 1 aliphatic heterocycles. The fraction of sp³-hybridized carbons (Fsp3) is 0.385. The molecule has 5 heteroatoms. The van der Waals surface area contributed by atoms with Crippen LogP contribution in [0.2, 0.25) is 0 Å². The van der Waals surface area contributed by atoms with Gasteiger partial charge in [0.05, 0.1) is 6.54 Å². The molecule has 0 saturated carbocycles.